The molecule has 0 saturated carbocycles. The molecule has 8 nitrogen and oxygen atoms in total. The SMILES string of the molecule is CCOc1ccc(/C=N\NC(=O)CN(c2ccc(OCC)cc2)S(=O)(=O)c2ccc(Cl)cc2)cc1. The number of hydrogen-bond acceptors (Lipinski definition) is 6. The number of benzene rings is 3. The van der Waals surface area contributed by atoms with Crippen LogP contribution in [0.25, 0.3) is 0 Å². The summed E-state index contributed by atoms with van der Waals surface area (Å²) in [5, 5.41) is 4.35. The lowest BCUT2D eigenvalue weighted by Gasteiger charge is -2.24. The number of ether oxygens (including phenoxy) is 2. The van der Waals surface area contributed by atoms with Crippen molar-refractivity contribution in [1.82, 2.24) is 5.43 Å². The van der Waals surface area contributed by atoms with Gasteiger partial charge in [0.1, 0.15) is 18.0 Å². The molecule has 0 aliphatic carbocycles. The fraction of sp³-hybridized carbons (Fsp3) is 0.200. The summed E-state index contributed by atoms with van der Waals surface area (Å²) in [4.78, 5) is 12.7. The predicted molar refractivity (Wildman–Crippen MR) is 137 cm³/mol. The van der Waals surface area contributed by atoms with Gasteiger partial charge in [-0.1, -0.05) is 11.6 Å². The minimum absolute atomic E-state index is 0.00136. The van der Waals surface area contributed by atoms with Gasteiger partial charge in [-0.15, -0.1) is 0 Å². The molecule has 0 aromatic heterocycles. The van der Waals surface area contributed by atoms with E-state index >= 15 is 0 Å². The third-order valence-corrected chi connectivity index (χ3v) is 6.76. The molecule has 3 rings (SSSR count). The zero-order chi connectivity index (χ0) is 25.3. The Bertz CT molecular complexity index is 1250. The number of hydrogen-bond donors (Lipinski definition) is 1. The molecular formula is C25H26ClN3O5S. The molecule has 3 aromatic rings. The molecule has 0 aliphatic heterocycles. The molecule has 0 heterocycles. The van der Waals surface area contributed by atoms with E-state index in [2.05, 4.69) is 10.5 Å². The smallest absolute Gasteiger partial charge is 0.264 e. The fourth-order valence-corrected chi connectivity index (χ4v) is 4.63. The molecule has 0 bridgehead atoms. The van der Waals surface area contributed by atoms with Gasteiger partial charge >= 0.3 is 0 Å². The highest BCUT2D eigenvalue weighted by molar-refractivity contribution is 7.92. The average Bonchev–Trinajstić information content (AvgIpc) is 2.85. The first kappa shape index (κ1) is 26.1. The summed E-state index contributed by atoms with van der Waals surface area (Å²) in [7, 11) is -4.07. The number of sulfonamides is 1. The van der Waals surface area contributed by atoms with E-state index in [-0.39, 0.29) is 4.90 Å². The van der Waals surface area contributed by atoms with Gasteiger partial charge in [0.05, 0.1) is 30.0 Å². The Morgan fingerprint density at radius 1 is 0.914 bits per heavy atom. The molecule has 35 heavy (non-hydrogen) atoms. The Morgan fingerprint density at radius 2 is 1.46 bits per heavy atom. The number of halogens is 1. The van der Waals surface area contributed by atoms with Crippen LogP contribution in [0.15, 0.2) is 82.8 Å². The minimum Gasteiger partial charge on any atom is -0.494 e. The number of rotatable bonds is 11. The molecule has 0 spiro atoms. The summed E-state index contributed by atoms with van der Waals surface area (Å²) < 4.78 is 38.6. The van der Waals surface area contributed by atoms with Crippen molar-refractivity contribution in [3.05, 3.63) is 83.4 Å². The van der Waals surface area contributed by atoms with Crippen LogP contribution in [-0.4, -0.2) is 40.3 Å². The number of hydrazone groups is 1. The quantitative estimate of drug-likeness (QED) is 0.300. The van der Waals surface area contributed by atoms with Crippen molar-refractivity contribution in [1.29, 1.82) is 0 Å². The molecule has 10 heteroatoms. The summed E-state index contributed by atoms with van der Waals surface area (Å²) in [6.45, 7) is 4.30. The molecule has 3 aromatic carbocycles. The second-order valence-electron chi connectivity index (χ2n) is 7.19. The van der Waals surface area contributed by atoms with Gasteiger partial charge in [-0.2, -0.15) is 5.10 Å². The third kappa shape index (κ3) is 7.21. The van der Waals surface area contributed by atoms with E-state index in [0.29, 0.717) is 29.7 Å². The highest BCUT2D eigenvalue weighted by atomic mass is 35.5. The molecule has 0 unspecified atom stereocenters. The van der Waals surface area contributed by atoms with E-state index < -0.39 is 22.5 Å². The number of nitrogens with zero attached hydrogens (tertiary/aromatic N) is 2. The lowest BCUT2D eigenvalue weighted by molar-refractivity contribution is -0.119. The minimum atomic E-state index is -4.07. The molecule has 184 valence electrons. The summed E-state index contributed by atoms with van der Waals surface area (Å²) in [6.07, 6.45) is 1.46. The number of nitrogens with one attached hydrogen (secondary N) is 1. The van der Waals surface area contributed by atoms with Gasteiger partial charge < -0.3 is 9.47 Å². The second-order valence-corrected chi connectivity index (χ2v) is 9.49. The maximum absolute atomic E-state index is 13.4. The zero-order valence-corrected chi connectivity index (χ0v) is 20.9. The van der Waals surface area contributed by atoms with Crippen LogP contribution < -0.4 is 19.2 Å². The van der Waals surface area contributed by atoms with Crippen LogP contribution in [0.4, 0.5) is 5.69 Å². The third-order valence-electron chi connectivity index (χ3n) is 4.72. The van der Waals surface area contributed by atoms with Crippen molar-refractivity contribution < 1.29 is 22.7 Å². The van der Waals surface area contributed by atoms with Crippen LogP contribution in [0.5, 0.6) is 11.5 Å². The zero-order valence-electron chi connectivity index (χ0n) is 19.3. The summed E-state index contributed by atoms with van der Waals surface area (Å²) in [6, 6.07) is 19.3. The Hall–Kier alpha value is -3.56. The van der Waals surface area contributed by atoms with E-state index in [9.17, 15) is 13.2 Å². The number of carbonyl (C=O) groups is 1. The van der Waals surface area contributed by atoms with Gasteiger partial charge in [-0.05, 0) is 92.2 Å². The van der Waals surface area contributed by atoms with Crippen LogP contribution in [0.2, 0.25) is 5.02 Å². The first-order valence-corrected chi connectivity index (χ1v) is 12.7. The Labute approximate surface area is 210 Å². The van der Waals surface area contributed by atoms with Crippen molar-refractivity contribution in [3.63, 3.8) is 0 Å². The lowest BCUT2D eigenvalue weighted by Crippen LogP contribution is -2.39. The molecule has 0 radical (unpaired) electrons. The molecule has 0 atom stereocenters. The van der Waals surface area contributed by atoms with Gasteiger partial charge in [-0.25, -0.2) is 13.8 Å². The van der Waals surface area contributed by atoms with Gasteiger partial charge in [-0.3, -0.25) is 9.10 Å². The van der Waals surface area contributed by atoms with Gasteiger partial charge in [0, 0.05) is 5.02 Å². The summed E-state index contributed by atoms with van der Waals surface area (Å²) >= 11 is 5.91. The summed E-state index contributed by atoms with van der Waals surface area (Å²) in [5.74, 6) is 0.704. The van der Waals surface area contributed by atoms with Crippen molar-refractivity contribution in [2.75, 3.05) is 24.1 Å². The van der Waals surface area contributed by atoms with Crippen LogP contribution in [0.3, 0.4) is 0 Å². The van der Waals surface area contributed by atoms with Crippen LogP contribution in [-0.2, 0) is 14.8 Å². The number of carbonyl (C=O) groups excluding carboxylic acids is 1. The van der Waals surface area contributed by atoms with Crippen molar-refractivity contribution in [2.45, 2.75) is 18.7 Å². The highest BCUT2D eigenvalue weighted by Gasteiger charge is 2.27. The normalized spacial score (nSPS) is 11.3. The fourth-order valence-electron chi connectivity index (χ4n) is 3.09. The summed E-state index contributed by atoms with van der Waals surface area (Å²) in [5.41, 5.74) is 3.42. The number of amides is 1. The van der Waals surface area contributed by atoms with Crippen molar-refractivity contribution in [2.24, 2.45) is 5.10 Å². The van der Waals surface area contributed by atoms with E-state index in [0.717, 1.165) is 15.6 Å². The van der Waals surface area contributed by atoms with E-state index in [1.807, 2.05) is 13.8 Å². The van der Waals surface area contributed by atoms with Gasteiger partial charge in [0.25, 0.3) is 15.9 Å². The topological polar surface area (TPSA) is 97.3 Å². The lowest BCUT2D eigenvalue weighted by atomic mass is 10.2. The Balaban J connectivity index is 1.79. The standard InChI is InChI=1S/C25H26ClN3O5S/c1-3-33-22-11-5-19(6-12-22)17-27-28-25(30)18-29(21-9-13-23(14-10-21)34-4-2)35(31,32)24-15-7-20(26)8-16-24/h5-17H,3-4,18H2,1-2H3,(H,28,30)/b27-17-. The average molecular weight is 516 g/mol. The van der Waals surface area contributed by atoms with Gasteiger partial charge in [0.15, 0.2) is 0 Å². The molecule has 0 aliphatic rings. The van der Waals surface area contributed by atoms with Gasteiger partial charge in [0.2, 0.25) is 0 Å². The molecule has 0 fully saturated rings. The van der Waals surface area contributed by atoms with E-state index in [4.69, 9.17) is 21.1 Å². The maximum Gasteiger partial charge on any atom is 0.264 e. The maximum atomic E-state index is 13.4. The molecule has 1 N–H and O–H groups in total. The second kappa shape index (κ2) is 12.2. The Morgan fingerprint density at radius 3 is 2.00 bits per heavy atom. The first-order valence-electron chi connectivity index (χ1n) is 10.9. The highest BCUT2D eigenvalue weighted by Crippen LogP contribution is 2.26. The molecule has 0 saturated heterocycles. The van der Waals surface area contributed by atoms with E-state index in [1.54, 1.807) is 48.5 Å². The van der Waals surface area contributed by atoms with Crippen molar-refractivity contribution in [3.8, 4) is 11.5 Å². The van der Waals surface area contributed by atoms with Crippen LogP contribution in [0.1, 0.15) is 19.4 Å². The number of anilines is 1. The molecule has 1 amide bonds. The van der Waals surface area contributed by atoms with Crippen LogP contribution >= 0.6 is 11.6 Å². The largest absolute Gasteiger partial charge is 0.494 e. The predicted octanol–water partition coefficient (Wildman–Crippen LogP) is 4.48. The monoisotopic (exact) mass is 515 g/mol. The van der Waals surface area contributed by atoms with Crippen LogP contribution in [0, 0.1) is 0 Å². The Kier molecular flexibility index (Phi) is 9.11. The van der Waals surface area contributed by atoms with Crippen molar-refractivity contribution >= 4 is 39.4 Å². The molecular weight excluding hydrogens is 490 g/mol. The van der Waals surface area contributed by atoms with E-state index in [1.165, 1.54) is 30.5 Å². The first-order chi connectivity index (χ1) is 16.8.